The lowest BCUT2D eigenvalue weighted by atomic mass is 9.88. The number of carbonyl (C=O) groups excluding carboxylic acids is 5. The Kier molecular flexibility index (Phi) is 16.7. The number of carbonyl (C=O) groups is 5. The first-order valence-corrected chi connectivity index (χ1v) is 23.0. The molecule has 2 aromatic rings. The SMILES string of the molecule is Cc1cc(C(=O)OC(C)(C)C)ccc1CCS(=O)(=O)N1CCC2(CC1)N=C(c1cc(OCCOCCNC(=O)CN(C)C(=O)OC(C)(C)C)cc(C(F)(F)F)c1)N(C(=O)OC(C)(C)C)C2=O. The van der Waals surface area contributed by atoms with Crippen LogP contribution in [0.5, 0.6) is 5.75 Å². The van der Waals surface area contributed by atoms with Crippen molar-refractivity contribution in [2.75, 3.05) is 58.8 Å². The summed E-state index contributed by atoms with van der Waals surface area (Å²) < 4.78 is 98.8. The molecule has 0 aromatic heterocycles. The van der Waals surface area contributed by atoms with E-state index in [-0.39, 0.29) is 82.3 Å². The topological polar surface area (TPSA) is 200 Å². The van der Waals surface area contributed by atoms with Crippen molar-refractivity contribution in [2.45, 2.75) is 117 Å². The summed E-state index contributed by atoms with van der Waals surface area (Å²) in [5, 5.41) is 2.58. The molecule has 1 N–H and O–H groups in total. The van der Waals surface area contributed by atoms with Gasteiger partial charge in [-0.05, 0) is 130 Å². The van der Waals surface area contributed by atoms with E-state index in [1.54, 1.807) is 87.4 Å². The third-order valence-corrected chi connectivity index (χ3v) is 11.8. The minimum Gasteiger partial charge on any atom is -0.491 e. The Labute approximate surface area is 384 Å². The first kappa shape index (κ1) is 53.3. The molecule has 17 nitrogen and oxygen atoms in total. The van der Waals surface area contributed by atoms with Gasteiger partial charge in [0.05, 0.1) is 30.1 Å². The number of likely N-dealkylation sites (N-methyl/N-ethyl adjacent to an activating group) is 1. The monoisotopic (exact) mass is 953 g/mol. The molecule has 66 heavy (non-hydrogen) atoms. The Balaban J connectivity index is 1.46. The number of alkyl halides is 3. The number of imide groups is 1. The van der Waals surface area contributed by atoms with Crippen molar-refractivity contribution in [3.8, 4) is 5.75 Å². The van der Waals surface area contributed by atoms with Crippen molar-refractivity contribution < 1.29 is 69.2 Å². The average molecular weight is 954 g/mol. The van der Waals surface area contributed by atoms with Gasteiger partial charge in [0.15, 0.2) is 0 Å². The van der Waals surface area contributed by atoms with Gasteiger partial charge in [-0.1, -0.05) is 6.07 Å². The molecule has 366 valence electrons. The fourth-order valence-corrected chi connectivity index (χ4v) is 8.25. The smallest absolute Gasteiger partial charge is 0.423 e. The van der Waals surface area contributed by atoms with Crippen molar-refractivity contribution in [3.05, 3.63) is 64.2 Å². The van der Waals surface area contributed by atoms with Gasteiger partial charge < -0.3 is 33.9 Å². The summed E-state index contributed by atoms with van der Waals surface area (Å²) in [5.41, 5.74) is -3.96. The molecule has 0 radical (unpaired) electrons. The molecule has 2 aliphatic rings. The highest BCUT2D eigenvalue weighted by molar-refractivity contribution is 7.89. The van der Waals surface area contributed by atoms with Gasteiger partial charge in [-0.25, -0.2) is 27.1 Å². The predicted molar refractivity (Wildman–Crippen MR) is 237 cm³/mol. The summed E-state index contributed by atoms with van der Waals surface area (Å²) in [7, 11) is -2.49. The van der Waals surface area contributed by atoms with Crippen LogP contribution in [0.3, 0.4) is 0 Å². The first-order valence-electron chi connectivity index (χ1n) is 21.4. The highest BCUT2D eigenvalue weighted by Crippen LogP contribution is 2.39. The van der Waals surface area contributed by atoms with E-state index in [1.165, 1.54) is 17.4 Å². The zero-order chi connectivity index (χ0) is 49.6. The summed E-state index contributed by atoms with van der Waals surface area (Å²) in [6, 6.07) is 7.56. The number of hydrogen-bond acceptors (Lipinski definition) is 13. The number of aliphatic imine (C=N–C) groups is 1. The maximum atomic E-state index is 14.3. The van der Waals surface area contributed by atoms with E-state index in [9.17, 15) is 45.6 Å². The zero-order valence-corrected chi connectivity index (χ0v) is 40.3. The number of esters is 1. The predicted octanol–water partition coefficient (Wildman–Crippen LogP) is 6.28. The molecule has 1 saturated heterocycles. The van der Waals surface area contributed by atoms with Crippen molar-refractivity contribution in [3.63, 3.8) is 0 Å². The van der Waals surface area contributed by atoms with E-state index in [2.05, 4.69) is 10.3 Å². The minimum absolute atomic E-state index is 0.00844. The van der Waals surface area contributed by atoms with Crippen LogP contribution in [0.25, 0.3) is 0 Å². The summed E-state index contributed by atoms with van der Waals surface area (Å²) in [6.45, 7) is 15.9. The highest BCUT2D eigenvalue weighted by atomic mass is 32.2. The standard InChI is InChI=1S/C45H62F3N5O12S/c1-29-24-31(37(55)63-41(2,3)4)13-12-30(29)14-23-66(59,60)52-18-15-44(16-19-52)38(56)53(40(58)65-43(8,9)10)36(50-44)32-25-33(45(46,47)48)27-34(26-32)62-22-21-61-20-17-49-35(54)28-51(11)39(57)64-42(5,6)7/h12-13,24-27H,14-23,28H2,1-11H3,(H,49,54). The number of aryl methyl sites for hydroxylation is 2. The molecule has 1 fully saturated rings. The van der Waals surface area contributed by atoms with Crippen LogP contribution in [0, 0.1) is 6.92 Å². The molecule has 0 bridgehead atoms. The summed E-state index contributed by atoms with van der Waals surface area (Å²) in [4.78, 5) is 71.2. The van der Waals surface area contributed by atoms with Crippen LogP contribution in [0.4, 0.5) is 22.8 Å². The van der Waals surface area contributed by atoms with Crippen molar-refractivity contribution >= 4 is 45.8 Å². The Hall–Kier alpha value is -5.28. The van der Waals surface area contributed by atoms with Crippen LogP contribution >= 0.6 is 0 Å². The molecule has 4 rings (SSSR count). The van der Waals surface area contributed by atoms with E-state index in [4.69, 9.17) is 23.7 Å². The Bertz CT molecular complexity index is 2270. The van der Waals surface area contributed by atoms with Crippen LogP contribution in [-0.2, 0) is 51.2 Å². The quantitative estimate of drug-likeness (QED) is 0.119. The second-order valence-corrected chi connectivity index (χ2v) is 21.2. The van der Waals surface area contributed by atoms with Crippen LogP contribution < -0.4 is 10.1 Å². The van der Waals surface area contributed by atoms with E-state index >= 15 is 0 Å². The molecule has 4 amide bonds. The lowest BCUT2D eigenvalue weighted by Crippen LogP contribution is -2.53. The minimum atomic E-state index is -4.89. The molecular weight excluding hydrogens is 892 g/mol. The fourth-order valence-electron chi connectivity index (χ4n) is 6.78. The largest absolute Gasteiger partial charge is 0.491 e. The van der Waals surface area contributed by atoms with Gasteiger partial charge in [-0.3, -0.25) is 14.6 Å². The number of rotatable bonds is 15. The van der Waals surface area contributed by atoms with Crippen molar-refractivity contribution in [1.82, 2.24) is 19.4 Å². The Morgan fingerprint density at radius 3 is 2.05 bits per heavy atom. The summed E-state index contributed by atoms with van der Waals surface area (Å²) in [5.74, 6) is -2.84. The molecular formula is C45H62F3N5O12S. The van der Waals surface area contributed by atoms with Gasteiger partial charge >= 0.3 is 24.3 Å². The third-order valence-electron chi connectivity index (χ3n) is 9.90. The number of hydrogen-bond donors (Lipinski definition) is 1. The van der Waals surface area contributed by atoms with E-state index in [0.29, 0.717) is 21.6 Å². The number of nitrogens with one attached hydrogen (secondary N) is 1. The maximum absolute atomic E-state index is 14.3. The lowest BCUT2D eigenvalue weighted by molar-refractivity contribution is -0.137. The van der Waals surface area contributed by atoms with Gasteiger partial charge in [-0.2, -0.15) is 18.1 Å². The number of nitrogens with zero attached hydrogens (tertiary/aromatic N) is 4. The van der Waals surface area contributed by atoms with Crippen molar-refractivity contribution in [1.29, 1.82) is 0 Å². The molecule has 1 spiro atoms. The second kappa shape index (κ2) is 20.7. The van der Waals surface area contributed by atoms with E-state index in [1.807, 2.05) is 0 Å². The molecule has 0 aliphatic carbocycles. The fraction of sp³-hybridized carbons (Fsp3) is 0.600. The molecule has 2 aliphatic heterocycles. The van der Waals surface area contributed by atoms with Crippen molar-refractivity contribution in [2.24, 2.45) is 4.99 Å². The Morgan fingerprint density at radius 1 is 0.848 bits per heavy atom. The molecule has 21 heteroatoms. The average Bonchev–Trinajstić information content (AvgIpc) is 3.45. The van der Waals surface area contributed by atoms with Gasteiger partial charge in [-0.15, -0.1) is 0 Å². The second-order valence-electron chi connectivity index (χ2n) is 19.1. The maximum Gasteiger partial charge on any atom is 0.423 e. The Morgan fingerprint density at radius 2 is 1.47 bits per heavy atom. The van der Waals surface area contributed by atoms with Gasteiger partial charge in [0, 0.05) is 32.2 Å². The summed E-state index contributed by atoms with van der Waals surface area (Å²) in [6.07, 6.45) is -6.99. The van der Waals surface area contributed by atoms with Gasteiger partial charge in [0.25, 0.3) is 5.91 Å². The number of halogens is 3. The molecule has 2 aromatic carbocycles. The number of amides is 4. The molecule has 0 unspecified atom stereocenters. The van der Waals surface area contributed by atoms with Crippen LogP contribution in [0.15, 0.2) is 41.4 Å². The number of sulfonamides is 1. The van der Waals surface area contributed by atoms with Crippen LogP contribution in [-0.4, -0.2) is 139 Å². The van der Waals surface area contributed by atoms with Crippen LogP contribution in [0.1, 0.15) is 108 Å². The number of amidine groups is 1. The first-order chi connectivity index (χ1) is 30.3. The molecule has 2 heterocycles. The van der Waals surface area contributed by atoms with Crippen LogP contribution in [0.2, 0.25) is 0 Å². The van der Waals surface area contributed by atoms with E-state index < -0.39 is 79.9 Å². The highest BCUT2D eigenvalue weighted by Gasteiger charge is 2.54. The number of benzene rings is 2. The molecule has 0 saturated carbocycles. The molecule has 0 atom stereocenters. The number of ether oxygens (including phenoxy) is 5. The normalized spacial score (nSPS) is 15.9. The summed E-state index contributed by atoms with van der Waals surface area (Å²) >= 11 is 0. The van der Waals surface area contributed by atoms with Gasteiger partial charge in [0.2, 0.25) is 15.9 Å². The van der Waals surface area contributed by atoms with Gasteiger partial charge in [0.1, 0.15) is 47.1 Å². The zero-order valence-electron chi connectivity index (χ0n) is 39.5. The lowest BCUT2D eigenvalue weighted by Gasteiger charge is -2.35. The number of piperidine rings is 1. The van der Waals surface area contributed by atoms with E-state index in [0.717, 1.165) is 17.0 Å². The third kappa shape index (κ3) is 15.1.